The van der Waals surface area contributed by atoms with Gasteiger partial charge in [-0.3, -0.25) is 4.79 Å². The number of anilines is 1. The van der Waals surface area contributed by atoms with Crippen LogP contribution in [0.2, 0.25) is 10.0 Å². The number of hydrogen-bond acceptors (Lipinski definition) is 4. The molecule has 0 bridgehead atoms. The first-order valence-electron chi connectivity index (χ1n) is 9.92. The van der Waals surface area contributed by atoms with Gasteiger partial charge in [-0.05, 0) is 76.5 Å². The van der Waals surface area contributed by atoms with Gasteiger partial charge in [-0.1, -0.05) is 41.4 Å². The van der Waals surface area contributed by atoms with Gasteiger partial charge in [-0.25, -0.2) is 0 Å². The Kier molecular flexibility index (Phi) is 8.79. The lowest BCUT2D eigenvalue weighted by atomic mass is 10.1. The van der Waals surface area contributed by atoms with Gasteiger partial charge in [0, 0.05) is 16.8 Å². The van der Waals surface area contributed by atoms with Crippen molar-refractivity contribution >= 4 is 56.8 Å². The second-order valence-electron chi connectivity index (χ2n) is 6.81. The first-order valence-corrected chi connectivity index (χ1v) is 11.5. The molecule has 5 nitrogen and oxygen atoms in total. The Hall–Kier alpha value is -2.98. The third-order valence-electron chi connectivity index (χ3n) is 4.40. The summed E-state index contributed by atoms with van der Waals surface area (Å²) in [5.41, 5.74) is 1.95. The first-order chi connectivity index (χ1) is 15.9. The van der Waals surface area contributed by atoms with Gasteiger partial charge in [0.15, 0.2) is 5.75 Å². The van der Waals surface area contributed by atoms with Gasteiger partial charge in [0.05, 0.1) is 16.1 Å². The average Bonchev–Trinajstić information content (AvgIpc) is 2.78. The molecule has 0 radical (unpaired) electrons. The van der Waals surface area contributed by atoms with E-state index in [-0.39, 0.29) is 5.57 Å². The number of carbonyl (C=O) groups excluding carboxylic acids is 1. The van der Waals surface area contributed by atoms with E-state index >= 15 is 0 Å². The summed E-state index contributed by atoms with van der Waals surface area (Å²) in [6.45, 7) is 2.69. The van der Waals surface area contributed by atoms with Crippen molar-refractivity contribution in [3.05, 3.63) is 91.9 Å². The van der Waals surface area contributed by atoms with Gasteiger partial charge in [-0.2, -0.15) is 5.26 Å². The van der Waals surface area contributed by atoms with Crippen molar-refractivity contribution in [3.8, 4) is 17.6 Å². The Morgan fingerprint density at radius 3 is 2.55 bits per heavy atom. The molecule has 0 fully saturated rings. The van der Waals surface area contributed by atoms with Crippen molar-refractivity contribution in [2.75, 3.05) is 11.9 Å². The van der Waals surface area contributed by atoms with Crippen LogP contribution in [-0.2, 0) is 11.4 Å². The van der Waals surface area contributed by atoms with Crippen molar-refractivity contribution in [2.24, 2.45) is 0 Å². The highest BCUT2D eigenvalue weighted by Gasteiger charge is 2.13. The molecule has 3 aromatic rings. The van der Waals surface area contributed by atoms with Crippen LogP contribution in [0, 0.1) is 11.3 Å². The molecule has 0 unspecified atom stereocenters. The maximum absolute atomic E-state index is 12.6. The number of nitrogens with zero attached hydrogens (tertiary/aromatic N) is 1. The highest BCUT2D eigenvalue weighted by Crippen LogP contribution is 2.36. The van der Waals surface area contributed by atoms with E-state index in [2.05, 4.69) is 21.2 Å². The van der Waals surface area contributed by atoms with Crippen LogP contribution in [-0.4, -0.2) is 12.5 Å². The number of rotatable bonds is 8. The zero-order valence-corrected chi connectivity index (χ0v) is 20.7. The Morgan fingerprint density at radius 1 is 1.12 bits per heavy atom. The third-order valence-corrected chi connectivity index (χ3v) is 5.52. The van der Waals surface area contributed by atoms with Crippen LogP contribution in [0.4, 0.5) is 5.69 Å². The summed E-state index contributed by atoms with van der Waals surface area (Å²) in [7, 11) is 0. The molecular weight excluding hydrogens is 527 g/mol. The first kappa shape index (κ1) is 24.7. The molecule has 8 heteroatoms. The predicted octanol–water partition coefficient (Wildman–Crippen LogP) is 7.28. The second kappa shape index (κ2) is 11.8. The minimum atomic E-state index is -0.540. The van der Waals surface area contributed by atoms with Crippen LogP contribution < -0.4 is 14.8 Å². The average molecular weight is 546 g/mol. The molecule has 1 amide bonds. The zero-order valence-electron chi connectivity index (χ0n) is 17.6. The van der Waals surface area contributed by atoms with Crippen LogP contribution in [0.1, 0.15) is 18.1 Å². The van der Waals surface area contributed by atoms with Crippen molar-refractivity contribution in [1.82, 2.24) is 0 Å². The van der Waals surface area contributed by atoms with Crippen molar-refractivity contribution in [2.45, 2.75) is 13.5 Å². The van der Waals surface area contributed by atoms with E-state index < -0.39 is 5.91 Å². The van der Waals surface area contributed by atoms with Crippen LogP contribution in [0.15, 0.2) is 70.7 Å². The van der Waals surface area contributed by atoms with E-state index in [1.807, 2.05) is 25.1 Å². The fourth-order valence-corrected chi connectivity index (χ4v) is 4.00. The van der Waals surface area contributed by atoms with E-state index in [0.717, 1.165) is 5.56 Å². The molecule has 3 rings (SSSR count). The molecule has 1 N–H and O–H groups in total. The minimum Gasteiger partial charge on any atom is -0.494 e. The maximum Gasteiger partial charge on any atom is 0.266 e. The fourth-order valence-electron chi connectivity index (χ4n) is 2.88. The molecule has 0 aliphatic carbocycles. The highest BCUT2D eigenvalue weighted by atomic mass is 79.9. The van der Waals surface area contributed by atoms with Crippen LogP contribution in [0.3, 0.4) is 0 Å². The molecule has 0 saturated heterocycles. The summed E-state index contributed by atoms with van der Waals surface area (Å²) < 4.78 is 11.9. The molecule has 3 aromatic carbocycles. The Morgan fingerprint density at radius 2 is 1.88 bits per heavy atom. The van der Waals surface area contributed by atoms with Gasteiger partial charge >= 0.3 is 0 Å². The van der Waals surface area contributed by atoms with Crippen molar-refractivity contribution in [3.63, 3.8) is 0 Å². The number of nitrogens with one attached hydrogen (secondary N) is 1. The molecule has 168 valence electrons. The maximum atomic E-state index is 12.6. The summed E-state index contributed by atoms with van der Waals surface area (Å²) in [6.07, 6.45) is 1.46. The molecule has 0 saturated carbocycles. The summed E-state index contributed by atoms with van der Waals surface area (Å²) in [6, 6.07) is 19.5. The summed E-state index contributed by atoms with van der Waals surface area (Å²) in [5, 5.41) is 13.2. The lowest BCUT2D eigenvalue weighted by Gasteiger charge is -2.12. The van der Waals surface area contributed by atoms with Crippen molar-refractivity contribution in [1.29, 1.82) is 5.26 Å². The van der Waals surface area contributed by atoms with E-state index in [4.69, 9.17) is 32.7 Å². The SMILES string of the molecule is CCOc1cccc(NC(=O)/C(C#N)=C\c2cc(Cl)c(OCc3ccc(Cl)cc3)c(Br)c2)c1. The zero-order chi connectivity index (χ0) is 23.8. The van der Waals surface area contributed by atoms with Gasteiger partial charge in [0.2, 0.25) is 0 Å². The summed E-state index contributed by atoms with van der Waals surface area (Å²) in [5.74, 6) is 0.545. The predicted molar refractivity (Wildman–Crippen MR) is 135 cm³/mol. The number of carbonyl (C=O) groups is 1. The molecule has 0 aliphatic rings. The quantitative estimate of drug-likeness (QED) is 0.238. The van der Waals surface area contributed by atoms with Gasteiger partial charge in [0.1, 0.15) is 24.0 Å². The number of amides is 1. The molecule has 0 aliphatic heterocycles. The normalized spacial score (nSPS) is 10.9. The van der Waals surface area contributed by atoms with Gasteiger partial charge in [0.25, 0.3) is 5.91 Å². The highest BCUT2D eigenvalue weighted by molar-refractivity contribution is 9.10. The molecule has 0 atom stereocenters. The summed E-state index contributed by atoms with van der Waals surface area (Å²) >= 11 is 15.8. The van der Waals surface area contributed by atoms with E-state index in [9.17, 15) is 10.1 Å². The molecule has 0 spiro atoms. The minimum absolute atomic E-state index is 0.0744. The lowest BCUT2D eigenvalue weighted by Crippen LogP contribution is -2.13. The topological polar surface area (TPSA) is 71.3 Å². The molecular formula is C25H19BrCl2N2O3. The number of benzene rings is 3. The van der Waals surface area contributed by atoms with Crippen molar-refractivity contribution < 1.29 is 14.3 Å². The Labute approximate surface area is 210 Å². The number of halogens is 3. The molecule has 0 aromatic heterocycles. The Balaban J connectivity index is 1.75. The van der Waals surface area contributed by atoms with Crippen LogP contribution >= 0.6 is 39.1 Å². The van der Waals surface area contributed by atoms with Gasteiger partial charge < -0.3 is 14.8 Å². The summed E-state index contributed by atoms with van der Waals surface area (Å²) in [4.78, 5) is 12.6. The largest absolute Gasteiger partial charge is 0.494 e. The van der Waals surface area contributed by atoms with E-state index in [1.54, 1.807) is 48.5 Å². The number of ether oxygens (including phenoxy) is 2. The standard InChI is InChI=1S/C25H19BrCl2N2O3/c1-2-32-21-5-3-4-20(13-21)30-25(31)18(14-29)10-17-11-22(26)24(23(28)12-17)33-15-16-6-8-19(27)9-7-16/h3-13H,2,15H2,1H3,(H,30,31)/b18-10-. The van der Waals surface area contributed by atoms with Crippen LogP contribution in [0.5, 0.6) is 11.5 Å². The van der Waals surface area contributed by atoms with Gasteiger partial charge in [-0.15, -0.1) is 0 Å². The second-order valence-corrected chi connectivity index (χ2v) is 8.51. The van der Waals surface area contributed by atoms with E-state index in [0.29, 0.717) is 50.5 Å². The third kappa shape index (κ3) is 7.00. The monoisotopic (exact) mass is 544 g/mol. The van der Waals surface area contributed by atoms with E-state index in [1.165, 1.54) is 6.08 Å². The smallest absolute Gasteiger partial charge is 0.266 e. The number of nitriles is 1. The molecule has 0 heterocycles. The molecule has 33 heavy (non-hydrogen) atoms. The van der Waals surface area contributed by atoms with Crippen LogP contribution in [0.25, 0.3) is 6.08 Å². The number of hydrogen-bond donors (Lipinski definition) is 1. The Bertz CT molecular complexity index is 1200. The lowest BCUT2D eigenvalue weighted by molar-refractivity contribution is -0.112. The fraction of sp³-hybridized carbons (Fsp3) is 0.120.